The van der Waals surface area contributed by atoms with E-state index in [1.165, 1.54) is 0 Å². The minimum absolute atomic E-state index is 0.120. The topological polar surface area (TPSA) is 46.9 Å². The molecule has 5 heteroatoms. The molecule has 2 rings (SSSR count). The Labute approximate surface area is 114 Å². The van der Waals surface area contributed by atoms with Crippen LogP contribution in [0.2, 0.25) is 0 Å². The van der Waals surface area contributed by atoms with Crippen molar-refractivity contribution >= 4 is 27.5 Å². The Hall–Kier alpha value is -1.62. The number of rotatable bonds is 3. The second kappa shape index (κ2) is 5.35. The first-order chi connectivity index (χ1) is 8.61. The molecule has 1 amide bonds. The Bertz CT molecular complexity index is 577. The van der Waals surface area contributed by atoms with Gasteiger partial charge in [0.25, 0.3) is 5.91 Å². The van der Waals surface area contributed by atoms with Crippen LogP contribution in [-0.2, 0) is 6.54 Å². The highest BCUT2D eigenvalue weighted by Gasteiger charge is 2.10. The van der Waals surface area contributed by atoms with E-state index in [2.05, 4.69) is 26.2 Å². The second-order valence-electron chi connectivity index (χ2n) is 3.97. The molecule has 2 aromatic heterocycles. The molecule has 0 saturated carbocycles. The maximum atomic E-state index is 12.1. The number of anilines is 1. The number of halogens is 1. The van der Waals surface area contributed by atoms with Crippen LogP contribution in [-0.4, -0.2) is 15.5 Å². The summed E-state index contributed by atoms with van der Waals surface area (Å²) in [5.74, 6) is -0.120. The first kappa shape index (κ1) is 12.8. The maximum Gasteiger partial charge on any atom is 0.272 e. The predicted molar refractivity (Wildman–Crippen MR) is 74.7 cm³/mol. The minimum atomic E-state index is -0.120. The molecule has 0 bridgehead atoms. The lowest BCUT2D eigenvalue weighted by Gasteiger charge is -2.08. The molecular formula is C13H14BrN3O. The third-order valence-corrected chi connectivity index (χ3v) is 3.51. The fourth-order valence-corrected chi connectivity index (χ4v) is 1.93. The van der Waals surface area contributed by atoms with Crippen molar-refractivity contribution in [1.82, 2.24) is 9.55 Å². The third kappa shape index (κ3) is 2.61. The maximum absolute atomic E-state index is 12.1. The summed E-state index contributed by atoms with van der Waals surface area (Å²) < 4.78 is 2.69. The Morgan fingerprint density at radius 2 is 2.33 bits per heavy atom. The quantitative estimate of drug-likeness (QED) is 0.885. The van der Waals surface area contributed by atoms with Crippen LogP contribution in [0.25, 0.3) is 0 Å². The zero-order valence-electron chi connectivity index (χ0n) is 10.3. The molecule has 0 atom stereocenters. The smallest absolute Gasteiger partial charge is 0.272 e. The standard InChI is InChI=1S/C13H14BrN3O/c1-3-17-6-4-5-11(17)13(18)16-10-7-9(2)12(14)15-8-10/h4-8H,3H2,1-2H3,(H,16,18). The molecule has 0 unspecified atom stereocenters. The van der Waals surface area contributed by atoms with E-state index in [0.717, 1.165) is 16.7 Å². The van der Waals surface area contributed by atoms with Gasteiger partial charge in [0, 0.05) is 12.7 Å². The Morgan fingerprint density at radius 1 is 1.56 bits per heavy atom. The van der Waals surface area contributed by atoms with Crippen LogP contribution in [0.1, 0.15) is 23.0 Å². The van der Waals surface area contributed by atoms with Crippen LogP contribution >= 0.6 is 15.9 Å². The van der Waals surface area contributed by atoms with Gasteiger partial charge in [0.05, 0.1) is 11.9 Å². The normalized spacial score (nSPS) is 10.4. The van der Waals surface area contributed by atoms with Gasteiger partial charge < -0.3 is 9.88 Å². The number of carbonyl (C=O) groups excluding carboxylic acids is 1. The first-order valence-corrected chi connectivity index (χ1v) is 6.49. The van der Waals surface area contributed by atoms with Gasteiger partial charge in [-0.15, -0.1) is 0 Å². The molecule has 2 aromatic rings. The molecule has 0 radical (unpaired) electrons. The van der Waals surface area contributed by atoms with E-state index in [4.69, 9.17) is 0 Å². The number of carbonyl (C=O) groups is 1. The van der Waals surface area contributed by atoms with Gasteiger partial charge in [0.15, 0.2) is 0 Å². The molecule has 0 aliphatic carbocycles. The zero-order valence-corrected chi connectivity index (χ0v) is 11.9. The van der Waals surface area contributed by atoms with Gasteiger partial charge in [0.1, 0.15) is 10.3 Å². The second-order valence-corrected chi connectivity index (χ2v) is 4.72. The largest absolute Gasteiger partial charge is 0.344 e. The predicted octanol–water partition coefficient (Wildman–Crippen LogP) is 3.23. The number of aromatic nitrogens is 2. The van der Waals surface area contributed by atoms with E-state index in [0.29, 0.717) is 11.4 Å². The van der Waals surface area contributed by atoms with E-state index < -0.39 is 0 Å². The highest BCUT2D eigenvalue weighted by Crippen LogP contribution is 2.17. The Kier molecular flexibility index (Phi) is 3.81. The SMILES string of the molecule is CCn1cccc1C(=O)Nc1cnc(Br)c(C)c1. The zero-order chi connectivity index (χ0) is 13.1. The Morgan fingerprint density at radius 3 is 3.00 bits per heavy atom. The van der Waals surface area contributed by atoms with Gasteiger partial charge in [-0.1, -0.05) is 0 Å². The number of hydrogen-bond donors (Lipinski definition) is 1. The summed E-state index contributed by atoms with van der Waals surface area (Å²) in [4.78, 5) is 16.2. The van der Waals surface area contributed by atoms with Gasteiger partial charge in [-0.25, -0.2) is 4.98 Å². The van der Waals surface area contributed by atoms with Crippen LogP contribution in [0.4, 0.5) is 5.69 Å². The number of nitrogens with zero attached hydrogens (tertiary/aromatic N) is 2. The lowest BCUT2D eigenvalue weighted by Crippen LogP contribution is -2.16. The first-order valence-electron chi connectivity index (χ1n) is 5.70. The molecule has 2 heterocycles. The van der Waals surface area contributed by atoms with E-state index in [-0.39, 0.29) is 5.91 Å². The fraction of sp³-hybridized carbons (Fsp3) is 0.231. The van der Waals surface area contributed by atoms with Crippen molar-refractivity contribution in [2.75, 3.05) is 5.32 Å². The number of nitrogens with one attached hydrogen (secondary N) is 1. The summed E-state index contributed by atoms with van der Waals surface area (Å²) in [6.45, 7) is 4.71. The van der Waals surface area contributed by atoms with Crippen LogP contribution in [0.5, 0.6) is 0 Å². The molecule has 0 fully saturated rings. The summed E-state index contributed by atoms with van der Waals surface area (Å²) in [6, 6.07) is 5.55. The molecule has 0 spiro atoms. The monoisotopic (exact) mass is 307 g/mol. The highest BCUT2D eigenvalue weighted by atomic mass is 79.9. The molecule has 0 aliphatic rings. The van der Waals surface area contributed by atoms with Gasteiger partial charge in [0.2, 0.25) is 0 Å². The van der Waals surface area contributed by atoms with Crippen molar-refractivity contribution in [3.63, 3.8) is 0 Å². The minimum Gasteiger partial charge on any atom is -0.344 e. The summed E-state index contributed by atoms with van der Waals surface area (Å²) in [5, 5.41) is 2.84. The average molecular weight is 308 g/mol. The summed E-state index contributed by atoms with van der Waals surface area (Å²) >= 11 is 3.33. The average Bonchev–Trinajstić information content (AvgIpc) is 2.82. The van der Waals surface area contributed by atoms with Crippen LogP contribution in [0, 0.1) is 6.92 Å². The van der Waals surface area contributed by atoms with E-state index in [1.807, 2.05) is 36.7 Å². The lowest BCUT2D eigenvalue weighted by atomic mass is 10.3. The van der Waals surface area contributed by atoms with Crippen molar-refractivity contribution in [1.29, 1.82) is 0 Å². The van der Waals surface area contributed by atoms with Crippen molar-refractivity contribution < 1.29 is 4.79 Å². The molecule has 0 saturated heterocycles. The lowest BCUT2D eigenvalue weighted by molar-refractivity contribution is 0.101. The Balaban J connectivity index is 2.19. The fourth-order valence-electron chi connectivity index (χ4n) is 1.72. The number of amides is 1. The number of hydrogen-bond acceptors (Lipinski definition) is 2. The molecule has 0 aromatic carbocycles. The summed E-state index contributed by atoms with van der Waals surface area (Å²) in [6.07, 6.45) is 3.52. The third-order valence-electron chi connectivity index (χ3n) is 2.68. The van der Waals surface area contributed by atoms with Crippen LogP contribution in [0.15, 0.2) is 35.2 Å². The van der Waals surface area contributed by atoms with Crippen LogP contribution in [0.3, 0.4) is 0 Å². The van der Waals surface area contributed by atoms with E-state index in [1.54, 1.807) is 12.3 Å². The number of pyridine rings is 1. The van der Waals surface area contributed by atoms with Gasteiger partial charge in [-0.2, -0.15) is 0 Å². The van der Waals surface area contributed by atoms with E-state index >= 15 is 0 Å². The molecule has 18 heavy (non-hydrogen) atoms. The van der Waals surface area contributed by atoms with Gasteiger partial charge in [-0.3, -0.25) is 4.79 Å². The highest BCUT2D eigenvalue weighted by molar-refractivity contribution is 9.10. The molecule has 0 aliphatic heterocycles. The number of aryl methyl sites for hydroxylation is 2. The van der Waals surface area contributed by atoms with Crippen molar-refractivity contribution in [3.8, 4) is 0 Å². The molecule has 94 valence electrons. The van der Waals surface area contributed by atoms with Crippen molar-refractivity contribution in [2.24, 2.45) is 0 Å². The van der Waals surface area contributed by atoms with Crippen molar-refractivity contribution in [2.45, 2.75) is 20.4 Å². The molecule has 1 N–H and O–H groups in total. The van der Waals surface area contributed by atoms with Crippen molar-refractivity contribution in [3.05, 3.63) is 46.5 Å². The van der Waals surface area contributed by atoms with Crippen LogP contribution < -0.4 is 5.32 Å². The molecule has 4 nitrogen and oxygen atoms in total. The van der Waals surface area contributed by atoms with E-state index in [9.17, 15) is 4.79 Å². The van der Waals surface area contributed by atoms with Gasteiger partial charge in [-0.05, 0) is 53.5 Å². The van der Waals surface area contributed by atoms with Gasteiger partial charge >= 0.3 is 0 Å². The summed E-state index contributed by atoms with van der Waals surface area (Å²) in [7, 11) is 0. The summed E-state index contributed by atoms with van der Waals surface area (Å²) in [5.41, 5.74) is 2.33. The molecular weight excluding hydrogens is 294 g/mol.